The van der Waals surface area contributed by atoms with Crippen molar-refractivity contribution >= 4 is 5.97 Å². The van der Waals surface area contributed by atoms with Crippen molar-refractivity contribution in [1.29, 1.82) is 0 Å². The second-order valence-electron chi connectivity index (χ2n) is 3.42. The molecule has 0 saturated heterocycles. The van der Waals surface area contributed by atoms with Gasteiger partial charge in [0.2, 0.25) is 0 Å². The number of nitrogens with zero attached hydrogens (tertiary/aromatic N) is 1. The fourth-order valence-electron chi connectivity index (χ4n) is 1.11. The lowest BCUT2D eigenvalue weighted by Crippen LogP contribution is -2.21. The van der Waals surface area contributed by atoms with Gasteiger partial charge in [0.05, 0.1) is 0 Å². The number of carbonyl (C=O) groups is 1. The van der Waals surface area contributed by atoms with Crippen LogP contribution in [0.2, 0.25) is 0 Å². The summed E-state index contributed by atoms with van der Waals surface area (Å²) in [5, 5.41) is 0. The van der Waals surface area contributed by atoms with Crippen molar-refractivity contribution < 1.29 is 27.4 Å². The Bertz CT molecular complexity index is 458. The number of esters is 1. The zero-order valence-electron chi connectivity index (χ0n) is 10.1. The van der Waals surface area contributed by atoms with Crippen molar-refractivity contribution in [3.05, 3.63) is 36.2 Å². The van der Waals surface area contributed by atoms with E-state index in [9.17, 15) is 18.0 Å². The Morgan fingerprint density at radius 3 is 2.84 bits per heavy atom. The normalized spacial score (nSPS) is 11.6. The van der Waals surface area contributed by atoms with Crippen LogP contribution in [0.15, 0.2) is 30.5 Å². The maximum atomic E-state index is 12.1. The summed E-state index contributed by atoms with van der Waals surface area (Å²) in [7, 11) is 0. The number of pyridine rings is 1. The van der Waals surface area contributed by atoms with Gasteiger partial charge in [-0.05, 0) is 19.1 Å². The Morgan fingerprint density at radius 2 is 2.21 bits per heavy atom. The molecular weight excluding hydrogens is 263 g/mol. The van der Waals surface area contributed by atoms with Crippen LogP contribution in [0.1, 0.15) is 17.4 Å². The molecule has 4 nitrogen and oxygen atoms in total. The smallest absolute Gasteiger partial charge is 0.422 e. The quantitative estimate of drug-likeness (QED) is 0.612. The number of carbonyl (C=O) groups excluding carboxylic acids is 1. The summed E-state index contributed by atoms with van der Waals surface area (Å²) < 4.78 is 45.5. The van der Waals surface area contributed by atoms with Crippen LogP contribution in [0, 0.1) is 0 Å². The molecule has 0 atom stereocenters. The highest BCUT2D eigenvalue weighted by atomic mass is 19.4. The lowest BCUT2D eigenvalue weighted by Gasteiger charge is -2.11. The molecule has 7 heteroatoms. The molecule has 0 saturated carbocycles. The van der Waals surface area contributed by atoms with E-state index in [1.54, 1.807) is 19.1 Å². The maximum Gasteiger partial charge on any atom is 0.422 e. The van der Waals surface area contributed by atoms with Gasteiger partial charge >= 0.3 is 12.1 Å². The fourth-order valence-corrected chi connectivity index (χ4v) is 1.11. The molecule has 0 fully saturated rings. The summed E-state index contributed by atoms with van der Waals surface area (Å²) in [5.74, 6) is -1.10. The molecule has 0 aliphatic carbocycles. The molecule has 1 aromatic heterocycles. The van der Waals surface area contributed by atoms with Gasteiger partial charge in [0.1, 0.15) is 6.61 Å². The molecule has 0 aliphatic rings. The van der Waals surface area contributed by atoms with E-state index in [0.29, 0.717) is 0 Å². The van der Waals surface area contributed by atoms with Gasteiger partial charge in [-0.1, -0.05) is 12.2 Å². The van der Waals surface area contributed by atoms with Crippen LogP contribution >= 0.6 is 0 Å². The van der Waals surface area contributed by atoms with Crippen molar-refractivity contribution in [2.45, 2.75) is 13.1 Å². The predicted octanol–water partition coefficient (Wildman–Crippen LogP) is 2.76. The number of alkyl halides is 3. The third kappa shape index (κ3) is 5.41. The summed E-state index contributed by atoms with van der Waals surface area (Å²) in [5.41, 5.74) is -0.281. The van der Waals surface area contributed by atoms with E-state index in [1.807, 2.05) is 0 Å². The molecule has 0 aliphatic heterocycles. The van der Waals surface area contributed by atoms with Gasteiger partial charge in [-0.15, -0.1) is 0 Å². The van der Waals surface area contributed by atoms with Gasteiger partial charge in [0.15, 0.2) is 18.1 Å². The van der Waals surface area contributed by atoms with Crippen LogP contribution in [0.25, 0.3) is 0 Å². The molecule has 0 radical (unpaired) electrons. The molecular formula is C12H12F3NO3. The van der Waals surface area contributed by atoms with Crippen LogP contribution in [0.3, 0.4) is 0 Å². The lowest BCUT2D eigenvalue weighted by molar-refractivity contribution is -0.153. The van der Waals surface area contributed by atoms with Gasteiger partial charge in [0, 0.05) is 6.20 Å². The molecule has 0 amide bonds. The second-order valence-corrected chi connectivity index (χ2v) is 3.42. The van der Waals surface area contributed by atoms with E-state index < -0.39 is 18.8 Å². The highest BCUT2D eigenvalue weighted by molar-refractivity contribution is 5.90. The van der Waals surface area contributed by atoms with Crippen LogP contribution in [-0.2, 0) is 4.74 Å². The SMILES string of the molecule is CC=CCOC(=O)c1ncccc1OCC(F)(F)F. The number of hydrogen-bond donors (Lipinski definition) is 0. The van der Waals surface area contributed by atoms with E-state index in [1.165, 1.54) is 18.3 Å². The monoisotopic (exact) mass is 275 g/mol. The average molecular weight is 275 g/mol. The van der Waals surface area contributed by atoms with E-state index in [2.05, 4.69) is 9.72 Å². The minimum absolute atomic E-state index is 0.0185. The number of ether oxygens (including phenoxy) is 2. The number of rotatable bonds is 5. The van der Waals surface area contributed by atoms with E-state index in [0.717, 1.165) is 0 Å². The first-order valence-electron chi connectivity index (χ1n) is 5.37. The van der Waals surface area contributed by atoms with E-state index in [-0.39, 0.29) is 18.1 Å². The summed E-state index contributed by atoms with van der Waals surface area (Å²) in [6.07, 6.45) is 0.0402. The number of hydrogen-bond acceptors (Lipinski definition) is 4. The van der Waals surface area contributed by atoms with Crippen LogP contribution in [0.4, 0.5) is 13.2 Å². The van der Waals surface area contributed by atoms with Crippen molar-refractivity contribution in [3.63, 3.8) is 0 Å². The first-order valence-corrected chi connectivity index (χ1v) is 5.37. The Kier molecular flexibility index (Phi) is 5.35. The summed E-state index contributed by atoms with van der Waals surface area (Å²) in [6, 6.07) is 2.60. The molecule has 1 aromatic rings. The van der Waals surface area contributed by atoms with Gasteiger partial charge in [0.25, 0.3) is 0 Å². The summed E-state index contributed by atoms with van der Waals surface area (Å²) in [6.45, 7) is 0.269. The summed E-state index contributed by atoms with van der Waals surface area (Å²) >= 11 is 0. The maximum absolute atomic E-state index is 12.1. The van der Waals surface area contributed by atoms with E-state index in [4.69, 9.17) is 4.74 Å². The minimum atomic E-state index is -4.48. The van der Waals surface area contributed by atoms with Crippen molar-refractivity contribution in [2.24, 2.45) is 0 Å². The Labute approximate surface area is 107 Å². The van der Waals surface area contributed by atoms with Crippen molar-refractivity contribution in [3.8, 4) is 5.75 Å². The zero-order valence-corrected chi connectivity index (χ0v) is 10.1. The molecule has 0 bridgehead atoms. The van der Waals surface area contributed by atoms with E-state index >= 15 is 0 Å². The second kappa shape index (κ2) is 6.77. The van der Waals surface area contributed by atoms with Gasteiger partial charge < -0.3 is 9.47 Å². The molecule has 1 rings (SSSR count). The molecule has 1 heterocycles. The molecule has 0 unspecified atom stereocenters. The third-order valence-electron chi connectivity index (χ3n) is 1.90. The number of aromatic nitrogens is 1. The Hall–Kier alpha value is -2.05. The Morgan fingerprint density at radius 1 is 1.47 bits per heavy atom. The highest BCUT2D eigenvalue weighted by Crippen LogP contribution is 2.21. The van der Waals surface area contributed by atoms with Gasteiger partial charge in [-0.25, -0.2) is 9.78 Å². The average Bonchev–Trinajstić information content (AvgIpc) is 2.36. The molecule has 0 N–H and O–H groups in total. The molecule has 0 aromatic carbocycles. The zero-order chi connectivity index (χ0) is 14.3. The van der Waals surface area contributed by atoms with Crippen LogP contribution in [0.5, 0.6) is 5.75 Å². The molecule has 104 valence electrons. The Balaban J connectivity index is 2.74. The van der Waals surface area contributed by atoms with Gasteiger partial charge in [-0.2, -0.15) is 13.2 Å². The van der Waals surface area contributed by atoms with Crippen molar-refractivity contribution in [2.75, 3.05) is 13.2 Å². The highest BCUT2D eigenvalue weighted by Gasteiger charge is 2.29. The predicted molar refractivity (Wildman–Crippen MR) is 60.9 cm³/mol. The lowest BCUT2D eigenvalue weighted by atomic mass is 10.3. The van der Waals surface area contributed by atoms with Crippen molar-refractivity contribution in [1.82, 2.24) is 4.98 Å². The first kappa shape index (κ1) is 15.0. The first-order chi connectivity index (χ1) is 8.94. The minimum Gasteiger partial charge on any atom is -0.482 e. The molecule has 19 heavy (non-hydrogen) atoms. The largest absolute Gasteiger partial charge is 0.482 e. The number of allylic oxidation sites excluding steroid dienone is 1. The standard InChI is InChI=1S/C12H12F3NO3/c1-2-3-7-18-11(17)10-9(5-4-6-16-10)19-8-12(13,14)15/h2-6H,7-8H2,1H3. The fraction of sp³-hybridized carbons (Fsp3) is 0.333. The van der Waals surface area contributed by atoms with Crippen LogP contribution in [-0.4, -0.2) is 30.3 Å². The third-order valence-corrected chi connectivity index (χ3v) is 1.90. The number of halogens is 3. The molecule has 0 spiro atoms. The summed E-state index contributed by atoms with van der Waals surface area (Å²) in [4.78, 5) is 15.3. The topological polar surface area (TPSA) is 48.4 Å². The van der Waals surface area contributed by atoms with Gasteiger partial charge in [-0.3, -0.25) is 0 Å². The van der Waals surface area contributed by atoms with Crippen LogP contribution < -0.4 is 4.74 Å².